The third-order valence-electron chi connectivity index (χ3n) is 5.87. The summed E-state index contributed by atoms with van der Waals surface area (Å²) in [5.74, 6) is 0. The second-order valence-corrected chi connectivity index (χ2v) is 8.34. The molecule has 1 heterocycles. The van der Waals surface area contributed by atoms with Crippen LogP contribution in [0.15, 0.2) is 16.6 Å². The van der Waals surface area contributed by atoms with Gasteiger partial charge in [-0.25, -0.2) is 4.83 Å². The second kappa shape index (κ2) is 9.29. The van der Waals surface area contributed by atoms with Crippen LogP contribution in [-0.4, -0.2) is 63.1 Å². The molecule has 174 valence electrons. The van der Waals surface area contributed by atoms with Crippen LogP contribution in [0.5, 0.6) is 0 Å². The lowest BCUT2D eigenvalue weighted by molar-refractivity contribution is -1.43. The summed E-state index contributed by atoms with van der Waals surface area (Å²) in [5.41, 5.74) is -7.54. The van der Waals surface area contributed by atoms with E-state index in [0.29, 0.717) is 25.7 Å². The van der Waals surface area contributed by atoms with Crippen molar-refractivity contribution in [2.45, 2.75) is 75.4 Å². The maximum atomic E-state index is 12.8. The Morgan fingerprint density at radius 1 is 0.767 bits per heavy atom. The first-order chi connectivity index (χ1) is 13.8. The van der Waals surface area contributed by atoms with Crippen molar-refractivity contribution in [3.8, 4) is 0 Å². The lowest BCUT2D eigenvalue weighted by atomic mass is 9.72. The number of hydrazone groups is 1. The fraction of sp³-hybridized carbons (Fsp3) is 0.800. The standard InChI is InChI=1S/C15H29N5O9S/c21-18(22,23)14(13-9-12-30-17-16-13)10-7-5-3-1-2-4-6-8-11-15(14,19(24,25)26)20(27,28)29/h9,12,17,21-22,24-25,27-28H,1-8,10-11H2. The van der Waals surface area contributed by atoms with Crippen molar-refractivity contribution in [2.75, 3.05) is 0 Å². The molecule has 14 nitrogen and oxygen atoms in total. The Balaban J connectivity index is 2.85. The van der Waals surface area contributed by atoms with Crippen LogP contribution < -0.4 is 4.83 Å². The Hall–Kier alpha value is -0.920. The molecule has 0 aromatic carbocycles. The zero-order valence-corrected chi connectivity index (χ0v) is 17.1. The number of hydroxylamine groups is 9. The molecule has 15 heteroatoms. The van der Waals surface area contributed by atoms with Crippen molar-refractivity contribution in [1.82, 2.24) is 4.83 Å². The van der Waals surface area contributed by atoms with Crippen molar-refractivity contribution in [3.63, 3.8) is 0 Å². The van der Waals surface area contributed by atoms with Gasteiger partial charge in [-0.15, -0.1) is 0 Å². The van der Waals surface area contributed by atoms with E-state index in [4.69, 9.17) is 0 Å². The van der Waals surface area contributed by atoms with Gasteiger partial charge in [0.25, 0.3) is 0 Å². The highest BCUT2D eigenvalue weighted by molar-refractivity contribution is 8.00. The number of nitrogens with one attached hydrogen (secondary N) is 1. The molecule has 0 aromatic heterocycles. The van der Waals surface area contributed by atoms with Crippen LogP contribution in [0.2, 0.25) is 0 Å². The Labute approximate surface area is 176 Å². The van der Waals surface area contributed by atoms with Gasteiger partial charge in [0.1, 0.15) is 5.71 Å². The van der Waals surface area contributed by atoms with Crippen LogP contribution in [-0.2, 0) is 0 Å². The minimum Gasteiger partial charge on any atom is -0.563 e. The molecule has 1 aliphatic carbocycles. The minimum atomic E-state index is -3.73. The van der Waals surface area contributed by atoms with E-state index in [-0.39, 0.29) is 12.8 Å². The molecule has 0 bridgehead atoms. The summed E-state index contributed by atoms with van der Waals surface area (Å²) in [5, 5.41) is 104. The minimum absolute atomic E-state index is 0.0190. The predicted octanol–water partition coefficient (Wildman–Crippen LogP) is 2.74. The first kappa shape index (κ1) is 25.3. The molecule has 0 saturated heterocycles. The van der Waals surface area contributed by atoms with E-state index in [1.807, 2.05) is 0 Å². The summed E-state index contributed by atoms with van der Waals surface area (Å²) >= 11 is 0.903. The van der Waals surface area contributed by atoms with Gasteiger partial charge in [0.15, 0.2) is 0 Å². The van der Waals surface area contributed by atoms with Gasteiger partial charge in [-0.05, 0) is 51.2 Å². The normalized spacial score (nSPS) is 27.4. The summed E-state index contributed by atoms with van der Waals surface area (Å²) in [6.07, 6.45) is 3.16. The molecule has 7 N–H and O–H groups in total. The molecule has 1 unspecified atom stereocenters. The van der Waals surface area contributed by atoms with E-state index in [0.717, 1.165) is 30.9 Å². The number of hydrogen-bond donors (Lipinski definition) is 7. The molecule has 1 saturated carbocycles. The van der Waals surface area contributed by atoms with Gasteiger partial charge in [0.2, 0.25) is 0 Å². The van der Waals surface area contributed by atoms with E-state index in [1.54, 1.807) is 0 Å². The molecular weight excluding hydrogens is 426 g/mol. The van der Waals surface area contributed by atoms with Crippen LogP contribution in [0.1, 0.15) is 64.2 Å². The number of nitrogens with zero attached hydrogens (tertiary/aromatic N) is 4. The van der Waals surface area contributed by atoms with Crippen LogP contribution >= 0.6 is 11.9 Å². The molecule has 0 aromatic rings. The molecule has 2 rings (SSSR count). The third kappa shape index (κ3) is 4.49. The fourth-order valence-corrected chi connectivity index (χ4v) is 4.91. The lowest BCUT2D eigenvalue weighted by Gasteiger charge is -2.58. The number of hydrogen-bond acceptors (Lipinski definition) is 12. The van der Waals surface area contributed by atoms with Gasteiger partial charge in [0.05, 0.1) is 6.42 Å². The average Bonchev–Trinajstić information content (AvgIpc) is 2.59. The summed E-state index contributed by atoms with van der Waals surface area (Å²) in [4.78, 5) is -8.37. The SMILES string of the molecule is [O-][N+](O)(O)C1(C2=NNSC=C2)CCCCCCCCCCC1([N+]([O-])(O)O)[N+]([O-])(O)O. The summed E-state index contributed by atoms with van der Waals surface area (Å²) in [6.45, 7) is 0. The van der Waals surface area contributed by atoms with E-state index in [9.17, 15) is 46.9 Å². The number of quaternary nitrogens is 3. The van der Waals surface area contributed by atoms with Crippen LogP contribution in [0.25, 0.3) is 0 Å². The van der Waals surface area contributed by atoms with Gasteiger partial charge >= 0.3 is 11.2 Å². The highest BCUT2D eigenvalue weighted by Crippen LogP contribution is 2.51. The Kier molecular flexibility index (Phi) is 7.85. The van der Waals surface area contributed by atoms with Crippen molar-refractivity contribution in [2.24, 2.45) is 5.10 Å². The largest absolute Gasteiger partial charge is 0.563 e. The molecule has 1 atom stereocenters. The maximum absolute atomic E-state index is 12.8. The number of rotatable bonds is 4. The molecular formula is C15H29N5O9S. The molecule has 0 radical (unpaired) electrons. The molecule has 2 aliphatic rings. The molecule has 0 spiro atoms. The zero-order valence-electron chi connectivity index (χ0n) is 16.3. The van der Waals surface area contributed by atoms with Crippen molar-refractivity contribution in [1.29, 1.82) is 0 Å². The van der Waals surface area contributed by atoms with Crippen LogP contribution in [0.3, 0.4) is 0 Å². The van der Waals surface area contributed by atoms with Crippen LogP contribution in [0, 0.1) is 15.6 Å². The van der Waals surface area contributed by atoms with Gasteiger partial charge < -0.3 is 15.6 Å². The molecule has 1 fully saturated rings. The van der Waals surface area contributed by atoms with E-state index in [2.05, 4.69) is 9.93 Å². The Morgan fingerprint density at radius 2 is 1.23 bits per heavy atom. The van der Waals surface area contributed by atoms with Crippen molar-refractivity contribution in [3.05, 3.63) is 27.1 Å². The fourth-order valence-electron chi connectivity index (χ4n) is 4.50. The van der Waals surface area contributed by atoms with E-state index < -0.39 is 44.7 Å². The highest BCUT2D eigenvalue weighted by Gasteiger charge is 2.84. The third-order valence-corrected chi connectivity index (χ3v) is 6.34. The van der Waals surface area contributed by atoms with E-state index in [1.165, 1.54) is 5.41 Å². The lowest BCUT2D eigenvalue weighted by Crippen LogP contribution is -2.88. The highest BCUT2D eigenvalue weighted by atomic mass is 32.2. The van der Waals surface area contributed by atoms with E-state index >= 15 is 0 Å². The van der Waals surface area contributed by atoms with Gasteiger partial charge in [-0.2, -0.15) is 36.3 Å². The first-order valence-corrected chi connectivity index (χ1v) is 10.5. The first-order valence-electron chi connectivity index (χ1n) is 9.63. The van der Waals surface area contributed by atoms with Crippen LogP contribution in [0.4, 0.5) is 0 Å². The zero-order chi connectivity index (χ0) is 22.7. The monoisotopic (exact) mass is 455 g/mol. The predicted molar refractivity (Wildman–Crippen MR) is 101 cm³/mol. The average molecular weight is 455 g/mol. The van der Waals surface area contributed by atoms with Gasteiger partial charge in [0, 0.05) is 6.42 Å². The summed E-state index contributed by atoms with van der Waals surface area (Å²) < 4.78 is 0. The molecule has 1 aliphatic heterocycles. The summed E-state index contributed by atoms with van der Waals surface area (Å²) in [6, 6.07) is 0. The topological polar surface area (TPSA) is 215 Å². The smallest absolute Gasteiger partial charge is 0.412 e. The molecule has 0 amide bonds. The van der Waals surface area contributed by atoms with Gasteiger partial charge in [-0.1, -0.05) is 38.5 Å². The second-order valence-electron chi connectivity index (χ2n) is 7.65. The van der Waals surface area contributed by atoms with Crippen molar-refractivity contribution >= 4 is 17.7 Å². The Morgan fingerprint density at radius 3 is 1.63 bits per heavy atom. The maximum Gasteiger partial charge on any atom is 0.412 e. The molecule has 30 heavy (non-hydrogen) atoms. The summed E-state index contributed by atoms with van der Waals surface area (Å²) in [7, 11) is 0. The Bertz CT molecular complexity index is 630. The van der Waals surface area contributed by atoms with Crippen molar-refractivity contribution < 1.29 is 46.2 Å². The van der Waals surface area contributed by atoms with Gasteiger partial charge in [-0.3, -0.25) is 0 Å². The quantitative estimate of drug-likeness (QED) is 0.141.